The second-order valence-electron chi connectivity index (χ2n) is 8.63. The van der Waals surface area contributed by atoms with Crippen LogP contribution in [0.15, 0.2) is 12.3 Å². The van der Waals surface area contributed by atoms with Crippen LogP contribution in [0.1, 0.15) is 51.4 Å². The van der Waals surface area contributed by atoms with Crippen LogP contribution in [0.2, 0.25) is 25.7 Å². The van der Waals surface area contributed by atoms with E-state index in [1.54, 1.807) is 0 Å². The molecule has 148 valence electrons. The van der Waals surface area contributed by atoms with E-state index in [-0.39, 0.29) is 18.1 Å². The third kappa shape index (κ3) is 9.32. The summed E-state index contributed by atoms with van der Waals surface area (Å²) in [6, 6.07) is 1.16. The van der Waals surface area contributed by atoms with Gasteiger partial charge in [-0.1, -0.05) is 26.2 Å². The van der Waals surface area contributed by atoms with Crippen molar-refractivity contribution >= 4 is 25.6 Å². The number of hydrogen-bond acceptors (Lipinski definition) is 4. The molecule has 5 nitrogen and oxygen atoms in total. The lowest BCUT2D eigenvalue weighted by Crippen LogP contribution is -2.23. The molecule has 0 amide bonds. The Labute approximate surface area is 158 Å². The molecule has 2 saturated carbocycles. The highest BCUT2D eigenvalue weighted by atomic mass is 28.3. The largest absolute Gasteiger partial charge is 0.499 e. The first-order valence-corrected chi connectivity index (χ1v) is 13.4. The van der Waals surface area contributed by atoms with Crippen LogP contribution in [0.5, 0.6) is 0 Å². The predicted molar refractivity (Wildman–Crippen MR) is 105 cm³/mol. The fourth-order valence-electron chi connectivity index (χ4n) is 3.14. The molecule has 2 unspecified atom stereocenters. The molecular formula is C20H34O5Si. The van der Waals surface area contributed by atoms with Crippen LogP contribution in [0.25, 0.3) is 0 Å². The first-order valence-electron chi connectivity index (χ1n) is 9.66. The molecule has 0 aliphatic heterocycles. The Hall–Kier alpha value is -1.43. The van der Waals surface area contributed by atoms with E-state index in [2.05, 4.69) is 26.2 Å². The summed E-state index contributed by atoms with van der Waals surface area (Å²) >= 11 is 0. The Balaban J connectivity index is 0.000000289. The third-order valence-electron chi connectivity index (χ3n) is 4.91. The van der Waals surface area contributed by atoms with Gasteiger partial charge in [0.1, 0.15) is 11.6 Å². The van der Waals surface area contributed by atoms with Gasteiger partial charge < -0.3 is 9.84 Å². The summed E-state index contributed by atoms with van der Waals surface area (Å²) in [5.41, 5.74) is 0. The monoisotopic (exact) mass is 382 g/mol. The van der Waals surface area contributed by atoms with E-state index in [0.29, 0.717) is 25.0 Å². The lowest BCUT2D eigenvalue weighted by molar-refractivity contribution is -0.145. The molecule has 2 atom stereocenters. The quantitative estimate of drug-likeness (QED) is 0.542. The molecule has 0 heterocycles. The van der Waals surface area contributed by atoms with Crippen molar-refractivity contribution in [1.82, 2.24) is 0 Å². The van der Waals surface area contributed by atoms with Crippen molar-refractivity contribution in [3.63, 3.8) is 0 Å². The Morgan fingerprint density at radius 2 is 1.58 bits per heavy atom. The number of hydrogen-bond donors (Lipinski definition) is 1. The van der Waals surface area contributed by atoms with Gasteiger partial charge in [-0.15, -0.1) is 0 Å². The van der Waals surface area contributed by atoms with E-state index >= 15 is 0 Å². The van der Waals surface area contributed by atoms with Gasteiger partial charge in [0.2, 0.25) is 0 Å². The zero-order chi connectivity index (χ0) is 19.7. The Morgan fingerprint density at radius 1 is 1.08 bits per heavy atom. The smallest absolute Gasteiger partial charge is 0.306 e. The van der Waals surface area contributed by atoms with Gasteiger partial charge in [0.15, 0.2) is 0 Å². The maximum absolute atomic E-state index is 11.3. The zero-order valence-corrected chi connectivity index (χ0v) is 17.5. The average molecular weight is 383 g/mol. The SMILES string of the molecule is C=C(OCC[Si](C)(C)C)C1CCCC(=O)C1.O=C1CCCC(C(=O)O)C1. The van der Waals surface area contributed by atoms with E-state index in [0.717, 1.165) is 44.1 Å². The summed E-state index contributed by atoms with van der Waals surface area (Å²) in [7, 11) is -1.02. The summed E-state index contributed by atoms with van der Waals surface area (Å²) in [6.07, 6.45) is 5.69. The highest BCUT2D eigenvalue weighted by Crippen LogP contribution is 2.27. The number of carbonyl (C=O) groups is 3. The highest BCUT2D eigenvalue weighted by molar-refractivity contribution is 6.76. The maximum atomic E-state index is 11.3. The van der Waals surface area contributed by atoms with Crippen molar-refractivity contribution in [3.8, 4) is 0 Å². The first kappa shape index (κ1) is 22.6. The number of rotatable bonds is 6. The number of carbonyl (C=O) groups excluding carboxylic acids is 2. The van der Waals surface area contributed by atoms with Gasteiger partial charge in [0, 0.05) is 39.7 Å². The summed E-state index contributed by atoms with van der Waals surface area (Å²) in [5, 5.41) is 8.50. The van der Waals surface area contributed by atoms with Crippen molar-refractivity contribution in [2.24, 2.45) is 11.8 Å². The molecule has 0 aromatic rings. The summed E-state index contributed by atoms with van der Waals surface area (Å²) < 4.78 is 5.69. The molecule has 0 saturated heterocycles. The van der Waals surface area contributed by atoms with Gasteiger partial charge in [0.25, 0.3) is 0 Å². The topological polar surface area (TPSA) is 80.7 Å². The normalized spacial score (nSPS) is 23.7. The van der Waals surface area contributed by atoms with Crippen LogP contribution in [0, 0.1) is 11.8 Å². The van der Waals surface area contributed by atoms with E-state index < -0.39 is 20.0 Å². The fourth-order valence-corrected chi connectivity index (χ4v) is 3.86. The fraction of sp³-hybridized carbons (Fsp3) is 0.750. The molecule has 0 radical (unpaired) electrons. The van der Waals surface area contributed by atoms with Crippen LogP contribution in [-0.2, 0) is 19.1 Å². The van der Waals surface area contributed by atoms with Gasteiger partial charge in [-0.05, 0) is 31.7 Å². The summed E-state index contributed by atoms with van der Waals surface area (Å²) in [4.78, 5) is 32.4. The molecule has 2 fully saturated rings. The third-order valence-corrected chi connectivity index (χ3v) is 6.61. The van der Waals surface area contributed by atoms with Crippen molar-refractivity contribution < 1.29 is 24.2 Å². The number of aliphatic carboxylic acids is 1. The Morgan fingerprint density at radius 3 is 2.00 bits per heavy atom. The lowest BCUT2D eigenvalue weighted by atomic mass is 9.87. The number of carboxylic acids is 1. The molecular weight excluding hydrogens is 348 g/mol. The number of ketones is 2. The minimum atomic E-state index is -1.02. The number of allylic oxidation sites excluding steroid dienone is 1. The standard InChI is InChI=1S/C13H24O2Si.C7H10O3/c1-11(15-8-9-16(2,3)4)12-6-5-7-13(14)10-12;8-6-3-1-2-5(4-6)7(9)10/h12H,1,5-10H2,2-4H3;5H,1-4H2,(H,9,10). The van der Waals surface area contributed by atoms with Crippen LogP contribution >= 0.6 is 0 Å². The molecule has 6 heteroatoms. The number of ether oxygens (including phenoxy) is 1. The van der Waals surface area contributed by atoms with E-state index in [1.165, 1.54) is 0 Å². The molecule has 2 aliphatic rings. The van der Waals surface area contributed by atoms with E-state index in [1.807, 2.05) is 0 Å². The van der Waals surface area contributed by atoms with Crippen molar-refractivity contribution in [2.45, 2.75) is 77.1 Å². The molecule has 1 N–H and O–H groups in total. The Kier molecular flexibility index (Phi) is 9.26. The molecule has 2 aliphatic carbocycles. The second kappa shape index (κ2) is 10.7. The van der Waals surface area contributed by atoms with Gasteiger partial charge in [-0.25, -0.2) is 0 Å². The first-order chi connectivity index (χ1) is 12.1. The molecule has 0 spiro atoms. The molecule has 0 aromatic heterocycles. The molecule has 2 rings (SSSR count). The van der Waals surface area contributed by atoms with Crippen molar-refractivity contribution in [1.29, 1.82) is 0 Å². The molecule has 26 heavy (non-hydrogen) atoms. The van der Waals surface area contributed by atoms with Gasteiger partial charge in [0.05, 0.1) is 18.3 Å². The van der Waals surface area contributed by atoms with Crippen molar-refractivity contribution in [2.75, 3.05) is 6.61 Å². The summed E-state index contributed by atoms with van der Waals surface area (Å²) in [6.45, 7) is 11.8. The minimum Gasteiger partial charge on any atom is -0.499 e. The van der Waals surface area contributed by atoms with Gasteiger partial charge >= 0.3 is 5.97 Å². The average Bonchev–Trinajstić information content (AvgIpc) is 2.54. The molecule has 0 bridgehead atoms. The van der Waals surface area contributed by atoms with Gasteiger partial charge in [-0.2, -0.15) is 0 Å². The van der Waals surface area contributed by atoms with E-state index in [4.69, 9.17) is 9.84 Å². The van der Waals surface area contributed by atoms with Crippen LogP contribution in [0.4, 0.5) is 0 Å². The van der Waals surface area contributed by atoms with Crippen LogP contribution in [0.3, 0.4) is 0 Å². The zero-order valence-electron chi connectivity index (χ0n) is 16.5. The van der Waals surface area contributed by atoms with Gasteiger partial charge in [-0.3, -0.25) is 14.4 Å². The van der Waals surface area contributed by atoms with Crippen LogP contribution in [-0.4, -0.2) is 37.3 Å². The van der Waals surface area contributed by atoms with Crippen LogP contribution < -0.4 is 0 Å². The highest BCUT2D eigenvalue weighted by Gasteiger charge is 2.25. The Bertz CT molecular complexity index is 519. The van der Waals surface area contributed by atoms with Crippen molar-refractivity contribution in [3.05, 3.63) is 12.3 Å². The molecule has 0 aromatic carbocycles. The maximum Gasteiger partial charge on any atom is 0.306 e. The minimum absolute atomic E-state index is 0.0960. The lowest BCUT2D eigenvalue weighted by Gasteiger charge is -2.24. The number of carboxylic acid groups (broad SMARTS) is 1. The predicted octanol–water partition coefficient (Wildman–Crippen LogP) is 4.44. The van der Waals surface area contributed by atoms with E-state index in [9.17, 15) is 14.4 Å². The number of Topliss-reactive ketones (excluding diaryl/α,β-unsaturated/α-hetero) is 2. The summed E-state index contributed by atoms with van der Waals surface area (Å²) in [5.74, 6) is 0.355. The second-order valence-corrected chi connectivity index (χ2v) is 14.2.